The molecule has 0 saturated heterocycles. The highest BCUT2D eigenvalue weighted by molar-refractivity contribution is 7.99. The highest BCUT2D eigenvalue weighted by Gasteiger charge is 2.19. The summed E-state index contributed by atoms with van der Waals surface area (Å²) in [6.45, 7) is 8.42. The predicted molar refractivity (Wildman–Crippen MR) is 86.5 cm³/mol. The molecule has 0 aliphatic rings. The number of aliphatic hydroxyl groups is 1. The number of benzene rings is 1. The monoisotopic (exact) mass is 295 g/mol. The van der Waals surface area contributed by atoms with Gasteiger partial charge in [-0.15, -0.1) is 0 Å². The van der Waals surface area contributed by atoms with Gasteiger partial charge in [-0.1, -0.05) is 32.9 Å². The lowest BCUT2D eigenvalue weighted by molar-refractivity contribution is 0.0936. The Bertz CT molecular complexity index is 433. The summed E-state index contributed by atoms with van der Waals surface area (Å²) in [5, 5.41) is 12.2. The summed E-state index contributed by atoms with van der Waals surface area (Å²) >= 11 is 1.56. The van der Waals surface area contributed by atoms with Crippen LogP contribution in [-0.2, 0) is 5.41 Å². The molecule has 2 N–H and O–H groups in total. The van der Waals surface area contributed by atoms with Gasteiger partial charge in [-0.2, -0.15) is 11.8 Å². The van der Waals surface area contributed by atoms with Crippen molar-refractivity contribution in [1.29, 1.82) is 0 Å². The van der Waals surface area contributed by atoms with Crippen molar-refractivity contribution in [2.75, 3.05) is 12.9 Å². The van der Waals surface area contributed by atoms with Crippen LogP contribution in [0.5, 0.6) is 0 Å². The SMILES string of the molecule is CSC(CO)C(C)NC(=O)c1ccc(C(C)(C)C)cc1. The number of thioether (sulfide) groups is 1. The molecule has 4 heteroatoms. The number of hydrogen-bond donors (Lipinski definition) is 2. The van der Waals surface area contributed by atoms with E-state index in [0.717, 1.165) is 0 Å². The van der Waals surface area contributed by atoms with Gasteiger partial charge in [0.15, 0.2) is 0 Å². The molecular formula is C16H25NO2S. The third-order valence-corrected chi connectivity index (χ3v) is 4.58. The smallest absolute Gasteiger partial charge is 0.251 e. The molecule has 0 bridgehead atoms. The fraction of sp³-hybridized carbons (Fsp3) is 0.562. The van der Waals surface area contributed by atoms with E-state index in [1.165, 1.54) is 5.56 Å². The normalized spacial score (nSPS) is 14.7. The van der Waals surface area contributed by atoms with E-state index in [-0.39, 0.29) is 29.2 Å². The van der Waals surface area contributed by atoms with Gasteiger partial charge >= 0.3 is 0 Å². The molecule has 2 atom stereocenters. The molecule has 0 heterocycles. The average Bonchev–Trinajstić information content (AvgIpc) is 2.39. The van der Waals surface area contributed by atoms with Crippen LogP contribution in [0.25, 0.3) is 0 Å². The number of aliphatic hydroxyl groups excluding tert-OH is 1. The van der Waals surface area contributed by atoms with E-state index in [2.05, 4.69) is 26.1 Å². The largest absolute Gasteiger partial charge is 0.395 e. The molecule has 0 aliphatic carbocycles. The van der Waals surface area contributed by atoms with E-state index in [0.29, 0.717) is 5.56 Å². The third kappa shape index (κ3) is 4.53. The lowest BCUT2D eigenvalue weighted by Crippen LogP contribution is -2.41. The second kappa shape index (κ2) is 7.14. The van der Waals surface area contributed by atoms with Crippen molar-refractivity contribution in [2.45, 2.75) is 44.4 Å². The molecule has 0 aromatic heterocycles. The zero-order valence-electron chi connectivity index (χ0n) is 12.9. The Morgan fingerprint density at radius 3 is 2.25 bits per heavy atom. The molecule has 2 unspecified atom stereocenters. The Hall–Kier alpha value is -1.00. The molecule has 0 aliphatic heterocycles. The van der Waals surface area contributed by atoms with E-state index in [1.807, 2.05) is 37.4 Å². The van der Waals surface area contributed by atoms with E-state index in [1.54, 1.807) is 11.8 Å². The summed E-state index contributed by atoms with van der Waals surface area (Å²) in [6, 6.07) is 7.64. The highest BCUT2D eigenvalue weighted by Crippen LogP contribution is 2.22. The molecule has 0 radical (unpaired) electrons. The fourth-order valence-electron chi connectivity index (χ4n) is 1.94. The second-order valence-electron chi connectivity index (χ2n) is 6.05. The Labute approximate surface area is 126 Å². The molecule has 1 aromatic carbocycles. The maximum atomic E-state index is 12.2. The first-order valence-electron chi connectivity index (χ1n) is 6.84. The van der Waals surface area contributed by atoms with Crippen LogP contribution in [0.2, 0.25) is 0 Å². The van der Waals surface area contributed by atoms with Gasteiger partial charge in [0.25, 0.3) is 5.91 Å². The predicted octanol–water partition coefficient (Wildman–Crippen LogP) is 2.83. The van der Waals surface area contributed by atoms with Crippen molar-refractivity contribution in [3.63, 3.8) is 0 Å². The van der Waals surface area contributed by atoms with Crippen LogP contribution < -0.4 is 5.32 Å². The molecule has 0 fully saturated rings. The summed E-state index contributed by atoms with van der Waals surface area (Å²) in [7, 11) is 0. The maximum Gasteiger partial charge on any atom is 0.251 e. The van der Waals surface area contributed by atoms with E-state index >= 15 is 0 Å². The van der Waals surface area contributed by atoms with Crippen LogP contribution >= 0.6 is 11.8 Å². The topological polar surface area (TPSA) is 49.3 Å². The van der Waals surface area contributed by atoms with Crippen LogP contribution in [0.1, 0.15) is 43.6 Å². The molecule has 1 rings (SSSR count). The summed E-state index contributed by atoms with van der Waals surface area (Å²) in [5.74, 6) is -0.0922. The minimum Gasteiger partial charge on any atom is -0.395 e. The summed E-state index contributed by atoms with van der Waals surface area (Å²) < 4.78 is 0. The average molecular weight is 295 g/mol. The van der Waals surface area contributed by atoms with Crippen molar-refractivity contribution >= 4 is 17.7 Å². The maximum absolute atomic E-state index is 12.2. The Morgan fingerprint density at radius 2 is 1.85 bits per heavy atom. The van der Waals surface area contributed by atoms with Crippen molar-refractivity contribution in [2.24, 2.45) is 0 Å². The number of rotatable bonds is 5. The first kappa shape index (κ1) is 17.1. The summed E-state index contributed by atoms with van der Waals surface area (Å²) in [5.41, 5.74) is 1.95. The fourth-order valence-corrected chi connectivity index (χ4v) is 2.57. The van der Waals surface area contributed by atoms with Gasteiger partial charge in [-0.05, 0) is 36.3 Å². The highest BCUT2D eigenvalue weighted by atomic mass is 32.2. The van der Waals surface area contributed by atoms with E-state index in [4.69, 9.17) is 0 Å². The van der Waals surface area contributed by atoms with Crippen LogP contribution in [0.15, 0.2) is 24.3 Å². The van der Waals surface area contributed by atoms with Crippen LogP contribution in [0.4, 0.5) is 0 Å². The lowest BCUT2D eigenvalue weighted by atomic mass is 9.86. The first-order chi connectivity index (χ1) is 9.29. The Balaban J connectivity index is 2.73. The van der Waals surface area contributed by atoms with Crippen molar-refractivity contribution in [3.05, 3.63) is 35.4 Å². The van der Waals surface area contributed by atoms with E-state index < -0.39 is 0 Å². The Morgan fingerprint density at radius 1 is 1.30 bits per heavy atom. The van der Waals surface area contributed by atoms with Crippen LogP contribution in [-0.4, -0.2) is 35.2 Å². The van der Waals surface area contributed by atoms with Crippen molar-refractivity contribution < 1.29 is 9.90 Å². The van der Waals surface area contributed by atoms with Gasteiger partial charge in [0.1, 0.15) is 0 Å². The third-order valence-electron chi connectivity index (χ3n) is 3.41. The van der Waals surface area contributed by atoms with Gasteiger partial charge in [0, 0.05) is 16.9 Å². The van der Waals surface area contributed by atoms with Gasteiger partial charge in [-0.3, -0.25) is 4.79 Å². The molecule has 0 saturated carbocycles. The van der Waals surface area contributed by atoms with Gasteiger partial charge < -0.3 is 10.4 Å². The molecule has 1 amide bonds. The second-order valence-corrected chi connectivity index (χ2v) is 7.12. The van der Waals surface area contributed by atoms with Gasteiger partial charge in [-0.25, -0.2) is 0 Å². The lowest BCUT2D eigenvalue weighted by Gasteiger charge is -2.22. The molecule has 3 nitrogen and oxygen atoms in total. The minimum absolute atomic E-state index is 0.0211. The van der Waals surface area contributed by atoms with Crippen molar-refractivity contribution in [3.8, 4) is 0 Å². The number of carbonyl (C=O) groups excluding carboxylic acids is 1. The summed E-state index contributed by atoms with van der Waals surface area (Å²) in [6.07, 6.45) is 1.93. The number of nitrogens with one attached hydrogen (secondary N) is 1. The number of carbonyl (C=O) groups is 1. The summed E-state index contributed by atoms with van der Waals surface area (Å²) in [4.78, 5) is 12.2. The zero-order valence-corrected chi connectivity index (χ0v) is 13.8. The molecule has 112 valence electrons. The van der Waals surface area contributed by atoms with Crippen LogP contribution in [0.3, 0.4) is 0 Å². The molecule has 20 heavy (non-hydrogen) atoms. The Kier molecular flexibility index (Phi) is 6.08. The standard InChI is InChI=1S/C16H25NO2S/c1-11(14(10-18)20-5)17-15(19)12-6-8-13(9-7-12)16(2,3)4/h6-9,11,14,18H,10H2,1-5H3,(H,17,19). The number of hydrogen-bond acceptors (Lipinski definition) is 3. The zero-order chi connectivity index (χ0) is 15.3. The van der Waals surface area contributed by atoms with Gasteiger partial charge in [0.2, 0.25) is 0 Å². The molecule has 0 spiro atoms. The first-order valence-corrected chi connectivity index (χ1v) is 8.13. The van der Waals surface area contributed by atoms with Crippen LogP contribution in [0, 0.1) is 0 Å². The number of amides is 1. The minimum atomic E-state index is -0.0922. The quantitative estimate of drug-likeness (QED) is 0.878. The van der Waals surface area contributed by atoms with Gasteiger partial charge in [0.05, 0.1) is 6.61 Å². The molecule has 1 aromatic rings. The van der Waals surface area contributed by atoms with Crippen molar-refractivity contribution in [1.82, 2.24) is 5.32 Å². The van der Waals surface area contributed by atoms with E-state index in [9.17, 15) is 9.90 Å². The molecular weight excluding hydrogens is 270 g/mol.